The fourth-order valence-corrected chi connectivity index (χ4v) is 1.98. The van der Waals surface area contributed by atoms with Crippen molar-refractivity contribution in [1.29, 1.82) is 0 Å². The number of hydrogen-bond acceptors (Lipinski definition) is 2. The second-order valence-electron chi connectivity index (χ2n) is 4.37. The van der Waals surface area contributed by atoms with Crippen LogP contribution in [0.4, 0.5) is 0 Å². The maximum Gasteiger partial charge on any atom is 0.0445 e. The third-order valence-corrected chi connectivity index (χ3v) is 3.18. The summed E-state index contributed by atoms with van der Waals surface area (Å²) >= 11 is 0. The van der Waals surface area contributed by atoms with E-state index in [1.165, 1.54) is 16.7 Å². The van der Waals surface area contributed by atoms with E-state index in [1.54, 1.807) is 0 Å². The van der Waals surface area contributed by atoms with Crippen LogP contribution in [0.25, 0.3) is 0 Å². The van der Waals surface area contributed by atoms with Crippen LogP contribution in [-0.4, -0.2) is 17.8 Å². The summed E-state index contributed by atoms with van der Waals surface area (Å²) in [7, 11) is 0. The molecule has 2 heteroatoms. The zero-order valence-corrected chi connectivity index (χ0v) is 10.6. The molecule has 0 aliphatic carbocycles. The van der Waals surface area contributed by atoms with Gasteiger partial charge in [-0.1, -0.05) is 25.1 Å². The van der Waals surface area contributed by atoms with Crippen LogP contribution in [0.2, 0.25) is 0 Å². The highest BCUT2D eigenvalue weighted by Gasteiger charge is 2.07. The van der Waals surface area contributed by atoms with Crippen LogP contribution in [0.5, 0.6) is 0 Å². The molecule has 0 spiro atoms. The third kappa shape index (κ3) is 3.62. The van der Waals surface area contributed by atoms with Crippen molar-refractivity contribution >= 4 is 0 Å². The van der Waals surface area contributed by atoms with E-state index in [1.807, 2.05) is 0 Å². The van der Waals surface area contributed by atoms with Gasteiger partial charge in [0.15, 0.2) is 0 Å². The molecular formula is C14H23NO. The highest BCUT2D eigenvalue weighted by Crippen LogP contribution is 2.13. The maximum atomic E-state index is 8.93. The monoisotopic (exact) mass is 221 g/mol. The molecule has 0 saturated heterocycles. The molecule has 0 saturated carbocycles. The van der Waals surface area contributed by atoms with E-state index < -0.39 is 0 Å². The summed E-state index contributed by atoms with van der Waals surface area (Å²) in [5, 5.41) is 12.4. The van der Waals surface area contributed by atoms with Crippen molar-refractivity contribution in [1.82, 2.24) is 5.32 Å². The predicted octanol–water partition coefficient (Wildman–Crippen LogP) is 2.55. The molecule has 0 amide bonds. The lowest BCUT2D eigenvalue weighted by Gasteiger charge is -2.17. The molecule has 2 nitrogen and oxygen atoms in total. The van der Waals surface area contributed by atoms with Gasteiger partial charge >= 0.3 is 0 Å². The van der Waals surface area contributed by atoms with Crippen LogP contribution in [-0.2, 0) is 6.54 Å². The second-order valence-corrected chi connectivity index (χ2v) is 4.37. The van der Waals surface area contributed by atoms with Crippen LogP contribution in [0.3, 0.4) is 0 Å². The molecule has 0 radical (unpaired) electrons. The van der Waals surface area contributed by atoms with E-state index in [0.29, 0.717) is 6.04 Å². The molecule has 90 valence electrons. The summed E-state index contributed by atoms with van der Waals surface area (Å²) in [6.45, 7) is 7.61. The highest BCUT2D eigenvalue weighted by atomic mass is 16.3. The van der Waals surface area contributed by atoms with Crippen LogP contribution in [0.1, 0.15) is 36.5 Å². The lowest BCUT2D eigenvalue weighted by Crippen LogP contribution is -2.29. The molecule has 16 heavy (non-hydrogen) atoms. The minimum atomic E-state index is 0.262. The van der Waals surface area contributed by atoms with Crippen molar-refractivity contribution in [3.8, 4) is 0 Å². The van der Waals surface area contributed by atoms with Crippen molar-refractivity contribution in [2.24, 2.45) is 0 Å². The van der Waals surface area contributed by atoms with Gasteiger partial charge in [0.2, 0.25) is 0 Å². The average molecular weight is 221 g/mol. The Morgan fingerprint density at radius 2 is 1.88 bits per heavy atom. The fraction of sp³-hybridized carbons (Fsp3) is 0.571. The molecule has 0 bridgehead atoms. The van der Waals surface area contributed by atoms with Crippen LogP contribution in [0.15, 0.2) is 18.2 Å². The SMILES string of the molecule is CCC(CCO)NCc1c(C)cccc1C. The fourth-order valence-electron chi connectivity index (χ4n) is 1.98. The standard InChI is InChI=1S/C14H23NO/c1-4-13(8-9-16)15-10-14-11(2)6-5-7-12(14)3/h5-7,13,15-16H,4,8-10H2,1-3H3. The Balaban J connectivity index is 2.59. The number of nitrogens with one attached hydrogen (secondary N) is 1. The normalized spacial score (nSPS) is 12.8. The molecule has 1 aromatic carbocycles. The summed E-state index contributed by atoms with van der Waals surface area (Å²) in [6, 6.07) is 6.82. The molecule has 0 aliphatic heterocycles. The van der Waals surface area contributed by atoms with Crippen molar-refractivity contribution in [3.05, 3.63) is 34.9 Å². The molecule has 1 aromatic rings. The molecule has 0 aliphatic rings. The van der Waals surface area contributed by atoms with Crippen molar-refractivity contribution < 1.29 is 5.11 Å². The van der Waals surface area contributed by atoms with E-state index in [-0.39, 0.29) is 6.61 Å². The molecule has 1 unspecified atom stereocenters. The molecule has 0 aromatic heterocycles. The zero-order chi connectivity index (χ0) is 12.0. The van der Waals surface area contributed by atoms with Gasteiger partial charge in [-0.05, 0) is 43.4 Å². The van der Waals surface area contributed by atoms with Crippen LogP contribution < -0.4 is 5.32 Å². The average Bonchev–Trinajstić information content (AvgIpc) is 2.27. The van der Waals surface area contributed by atoms with Crippen LogP contribution >= 0.6 is 0 Å². The molecular weight excluding hydrogens is 198 g/mol. The summed E-state index contributed by atoms with van der Waals surface area (Å²) in [5.74, 6) is 0. The number of benzene rings is 1. The Labute approximate surface area is 98.7 Å². The summed E-state index contributed by atoms with van der Waals surface area (Å²) in [6.07, 6.45) is 1.90. The molecule has 0 fully saturated rings. The van der Waals surface area contributed by atoms with Gasteiger partial charge in [-0.3, -0.25) is 0 Å². The topological polar surface area (TPSA) is 32.3 Å². The second kappa shape index (κ2) is 6.66. The smallest absolute Gasteiger partial charge is 0.0445 e. The van der Waals surface area contributed by atoms with E-state index in [4.69, 9.17) is 5.11 Å². The first kappa shape index (κ1) is 13.2. The molecule has 2 N–H and O–H groups in total. The number of hydrogen-bond donors (Lipinski definition) is 2. The Hall–Kier alpha value is -0.860. The first-order valence-electron chi connectivity index (χ1n) is 6.08. The Kier molecular flexibility index (Phi) is 5.50. The first-order valence-corrected chi connectivity index (χ1v) is 6.08. The zero-order valence-electron chi connectivity index (χ0n) is 10.6. The van der Waals surface area contributed by atoms with Crippen molar-refractivity contribution in [2.75, 3.05) is 6.61 Å². The van der Waals surface area contributed by atoms with Gasteiger partial charge in [0.05, 0.1) is 0 Å². The minimum Gasteiger partial charge on any atom is -0.396 e. The van der Waals surface area contributed by atoms with Gasteiger partial charge < -0.3 is 10.4 Å². The molecule has 0 heterocycles. The molecule has 1 rings (SSSR count). The molecule has 1 atom stereocenters. The van der Waals surface area contributed by atoms with Crippen molar-refractivity contribution in [3.63, 3.8) is 0 Å². The predicted molar refractivity (Wildman–Crippen MR) is 68.5 cm³/mol. The Morgan fingerprint density at radius 1 is 1.25 bits per heavy atom. The number of rotatable bonds is 6. The largest absolute Gasteiger partial charge is 0.396 e. The summed E-state index contributed by atoms with van der Waals surface area (Å²) in [5.41, 5.74) is 4.07. The number of aryl methyl sites for hydroxylation is 2. The number of aliphatic hydroxyl groups excluding tert-OH is 1. The van der Waals surface area contributed by atoms with Gasteiger partial charge in [-0.2, -0.15) is 0 Å². The van der Waals surface area contributed by atoms with Gasteiger partial charge in [-0.25, -0.2) is 0 Å². The summed E-state index contributed by atoms with van der Waals surface area (Å²) < 4.78 is 0. The van der Waals surface area contributed by atoms with E-state index in [9.17, 15) is 0 Å². The van der Waals surface area contributed by atoms with E-state index >= 15 is 0 Å². The summed E-state index contributed by atoms with van der Waals surface area (Å²) in [4.78, 5) is 0. The Morgan fingerprint density at radius 3 is 2.38 bits per heavy atom. The van der Waals surface area contributed by atoms with Crippen molar-refractivity contribution in [2.45, 2.75) is 46.2 Å². The first-order chi connectivity index (χ1) is 7.69. The van der Waals surface area contributed by atoms with Gasteiger partial charge in [0.25, 0.3) is 0 Å². The van der Waals surface area contributed by atoms with Gasteiger partial charge in [-0.15, -0.1) is 0 Å². The third-order valence-electron chi connectivity index (χ3n) is 3.18. The number of aliphatic hydroxyl groups is 1. The van der Waals surface area contributed by atoms with E-state index in [0.717, 1.165) is 19.4 Å². The maximum absolute atomic E-state index is 8.93. The minimum absolute atomic E-state index is 0.262. The lowest BCUT2D eigenvalue weighted by molar-refractivity contribution is 0.262. The van der Waals surface area contributed by atoms with Crippen LogP contribution in [0, 0.1) is 13.8 Å². The highest BCUT2D eigenvalue weighted by molar-refractivity contribution is 5.33. The van der Waals surface area contributed by atoms with Gasteiger partial charge in [0.1, 0.15) is 0 Å². The lowest BCUT2D eigenvalue weighted by atomic mass is 10.0. The Bertz CT molecular complexity index is 302. The van der Waals surface area contributed by atoms with E-state index in [2.05, 4.69) is 44.3 Å². The van der Waals surface area contributed by atoms with Gasteiger partial charge in [0, 0.05) is 19.2 Å². The quantitative estimate of drug-likeness (QED) is 0.773.